The van der Waals surface area contributed by atoms with Crippen molar-refractivity contribution in [2.24, 2.45) is 0 Å². The first kappa shape index (κ1) is 20.7. The Kier molecular flexibility index (Phi) is 6.37. The van der Waals surface area contributed by atoms with Crippen molar-refractivity contribution in [3.05, 3.63) is 70.8 Å². The lowest BCUT2D eigenvalue weighted by Crippen LogP contribution is -2.12. The van der Waals surface area contributed by atoms with Gasteiger partial charge in [-0.1, -0.05) is 104 Å². The smallest absolute Gasteiger partial charge is 0.0132 e. The summed E-state index contributed by atoms with van der Waals surface area (Å²) in [7, 11) is 0. The van der Waals surface area contributed by atoms with Gasteiger partial charge in [-0.25, -0.2) is 0 Å². The van der Waals surface area contributed by atoms with Gasteiger partial charge in [0.15, 0.2) is 0 Å². The first-order valence-electron chi connectivity index (χ1n) is 10.2. The average molecular weight is 351 g/mol. The Hall–Kier alpha value is -1.56. The Morgan fingerprint density at radius 1 is 0.654 bits per heavy atom. The summed E-state index contributed by atoms with van der Waals surface area (Å²) in [6.45, 7) is 18.4. The predicted molar refractivity (Wildman–Crippen MR) is 116 cm³/mol. The molecule has 2 rings (SSSR count). The van der Waals surface area contributed by atoms with Crippen molar-refractivity contribution >= 4 is 0 Å². The maximum Gasteiger partial charge on any atom is -0.0132 e. The molecule has 2 atom stereocenters. The lowest BCUT2D eigenvalue weighted by molar-refractivity contribution is 0.541. The van der Waals surface area contributed by atoms with Gasteiger partial charge in [0, 0.05) is 0 Å². The van der Waals surface area contributed by atoms with Gasteiger partial charge in [-0.05, 0) is 57.8 Å². The van der Waals surface area contributed by atoms with Crippen molar-refractivity contribution < 1.29 is 0 Å². The summed E-state index contributed by atoms with van der Waals surface area (Å²) in [6.07, 6.45) is 2.40. The van der Waals surface area contributed by atoms with E-state index < -0.39 is 0 Å². The molecular weight excluding hydrogens is 312 g/mol. The van der Waals surface area contributed by atoms with Crippen molar-refractivity contribution in [2.75, 3.05) is 0 Å². The standard InChI is InChI=1S/C26H38/c1-9-20(22-12-16-24(17-13-22)26(6,7)8)18-19(2)21-10-14-23(15-11-21)25(3,4)5/h10-17,19-20H,9,18H2,1-8H3. The van der Waals surface area contributed by atoms with Gasteiger partial charge in [-0.2, -0.15) is 0 Å². The van der Waals surface area contributed by atoms with Crippen LogP contribution < -0.4 is 0 Å². The topological polar surface area (TPSA) is 0 Å². The first-order chi connectivity index (χ1) is 12.0. The molecular formula is C26H38. The monoisotopic (exact) mass is 350 g/mol. The van der Waals surface area contributed by atoms with Crippen LogP contribution >= 0.6 is 0 Å². The van der Waals surface area contributed by atoms with E-state index in [-0.39, 0.29) is 10.8 Å². The third-order valence-corrected chi connectivity index (χ3v) is 5.72. The summed E-state index contributed by atoms with van der Waals surface area (Å²) in [5, 5.41) is 0. The van der Waals surface area contributed by atoms with E-state index in [0.29, 0.717) is 11.8 Å². The first-order valence-corrected chi connectivity index (χ1v) is 10.2. The van der Waals surface area contributed by atoms with E-state index in [0.717, 1.165) is 0 Å². The zero-order chi connectivity index (χ0) is 19.5. The molecule has 0 aliphatic rings. The molecule has 2 unspecified atom stereocenters. The van der Waals surface area contributed by atoms with Crippen LogP contribution in [0.25, 0.3) is 0 Å². The van der Waals surface area contributed by atoms with E-state index in [1.165, 1.54) is 35.1 Å². The van der Waals surface area contributed by atoms with Crippen LogP contribution in [0.4, 0.5) is 0 Å². The third kappa shape index (κ3) is 5.22. The Bertz CT molecular complexity index is 675. The minimum absolute atomic E-state index is 0.225. The summed E-state index contributed by atoms with van der Waals surface area (Å²) in [6, 6.07) is 18.6. The van der Waals surface area contributed by atoms with Crippen LogP contribution in [-0.4, -0.2) is 0 Å². The minimum atomic E-state index is 0.225. The molecule has 2 aromatic carbocycles. The van der Waals surface area contributed by atoms with E-state index >= 15 is 0 Å². The molecule has 0 heteroatoms. The summed E-state index contributed by atoms with van der Waals surface area (Å²) in [5.74, 6) is 1.21. The Morgan fingerprint density at radius 3 is 1.38 bits per heavy atom. The van der Waals surface area contributed by atoms with Crippen LogP contribution in [-0.2, 0) is 10.8 Å². The predicted octanol–water partition coefficient (Wildman–Crippen LogP) is 7.97. The van der Waals surface area contributed by atoms with Gasteiger partial charge in [0.25, 0.3) is 0 Å². The minimum Gasteiger partial charge on any atom is -0.0648 e. The SMILES string of the molecule is CCC(CC(C)c1ccc(C(C)(C)C)cc1)c1ccc(C(C)(C)C)cc1. The molecule has 26 heavy (non-hydrogen) atoms. The molecule has 0 radical (unpaired) electrons. The van der Waals surface area contributed by atoms with Crippen LogP contribution in [0.15, 0.2) is 48.5 Å². The fourth-order valence-electron chi connectivity index (χ4n) is 3.67. The molecule has 142 valence electrons. The van der Waals surface area contributed by atoms with Crippen LogP contribution in [0.3, 0.4) is 0 Å². The van der Waals surface area contributed by atoms with Crippen molar-refractivity contribution in [1.29, 1.82) is 0 Å². The fraction of sp³-hybridized carbons (Fsp3) is 0.538. The lowest BCUT2D eigenvalue weighted by atomic mass is 9.81. The Labute approximate surface area is 162 Å². The van der Waals surface area contributed by atoms with Gasteiger partial charge >= 0.3 is 0 Å². The maximum atomic E-state index is 2.37. The molecule has 0 saturated carbocycles. The van der Waals surface area contributed by atoms with Crippen molar-refractivity contribution in [1.82, 2.24) is 0 Å². The highest BCUT2D eigenvalue weighted by atomic mass is 14.2. The number of rotatable bonds is 5. The van der Waals surface area contributed by atoms with E-state index in [2.05, 4.69) is 104 Å². The summed E-state index contributed by atoms with van der Waals surface area (Å²) < 4.78 is 0. The number of hydrogen-bond acceptors (Lipinski definition) is 0. The van der Waals surface area contributed by atoms with Gasteiger partial charge < -0.3 is 0 Å². The van der Waals surface area contributed by atoms with Crippen molar-refractivity contribution in [3.8, 4) is 0 Å². The van der Waals surface area contributed by atoms with Crippen LogP contribution in [0, 0.1) is 0 Å². The molecule has 0 aliphatic heterocycles. The highest BCUT2D eigenvalue weighted by Gasteiger charge is 2.18. The van der Waals surface area contributed by atoms with Crippen LogP contribution in [0.1, 0.15) is 102 Å². The third-order valence-electron chi connectivity index (χ3n) is 5.72. The Balaban J connectivity index is 2.11. The molecule has 0 fully saturated rings. The van der Waals surface area contributed by atoms with E-state index in [1.54, 1.807) is 0 Å². The Morgan fingerprint density at radius 2 is 1.04 bits per heavy atom. The normalized spacial score (nSPS) is 14.9. The van der Waals surface area contributed by atoms with Gasteiger partial charge in [-0.15, -0.1) is 0 Å². The molecule has 0 amide bonds. The second-order valence-corrected chi connectivity index (χ2v) is 9.99. The number of benzene rings is 2. The largest absolute Gasteiger partial charge is 0.0648 e. The van der Waals surface area contributed by atoms with Crippen LogP contribution in [0.5, 0.6) is 0 Å². The quantitative estimate of drug-likeness (QED) is 0.513. The zero-order valence-corrected chi connectivity index (χ0v) is 18.2. The molecule has 0 nitrogen and oxygen atoms in total. The molecule has 0 heterocycles. The lowest BCUT2D eigenvalue weighted by Gasteiger charge is -2.24. The highest BCUT2D eigenvalue weighted by molar-refractivity contribution is 5.32. The zero-order valence-electron chi connectivity index (χ0n) is 18.2. The number of hydrogen-bond donors (Lipinski definition) is 0. The van der Waals surface area contributed by atoms with E-state index in [4.69, 9.17) is 0 Å². The second-order valence-electron chi connectivity index (χ2n) is 9.99. The van der Waals surface area contributed by atoms with Crippen LogP contribution in [0.2, 0.25) is 0 Å². The van der Waals surface area contributed by atoms with E-state index in [9.17, 15) is 0 Å². The van der Waals surface area contributed by atoms with Gasteiger partial charge in [0.1, 0.15) is 0 Å². The second kappa shape index (κ2) is 7.99. The highest BCUT2D eigenvalue weighted by Crippen LogP contribution is 2.34. The average Bonchev–Trinajstić information content (AvgIpc) is 2.58. The molecule has 0 N–H and O–H groups in total. The van der Waals surface area contributed by atoms with Gasteiger partial charge in [-0.3, -0.25) is 0 Å². The molecule has 0 saturated heterocycles. The molecule has 0 aliphatic carbocycles. The van der Waals surface area contributed by atoms with Gasteiger partial charge in [0.2, 0.25) is 0 Å². The van der Waals surface area contributed by atoms with Crippen molar-refractivity contribution in [3.63, 3.8) is 0 Å². The molecule has 2 aromatic rings. The van der Waals surface area contributed by atoms with Gasteiger partial charge in [0.05, 0.1) is 0 Å². The molecule has 0 bridgehead atoms. The fourth-order valence-corrected chi connectivity index (χ4v) is 3.67. The van der Waals surface area contributed by atoms with Crippen molar-refractivity contribution in [2.45, 2.75) is 90.9 Å². The molecule has 0 spiro atoms. The summed E-state index contributed by atoms with van der Waals surface area (Å²) in [5.41, 5.74) is 6.23. The summed E-state index contributed by atoms with van der Waals surface area (Å²) >= 11 is 0. The van der Waals surface area contributed by atoms with E-state index in [1.807, 2.05) is 0 Å². The summed E-state index contributed by atoms with van der Waals surface area (Å²) in [4.78, 5) is 0. The molecule has 0 aromatic heterocycles. The maximum absolute atomic E-state index is 2.37.